The van der Waals surface area contributed by atoms with Gasteiger partial charge in [-0.2, -0.15) is 0 Å². The second-order valence-electron chi connectivity index (χ2n) is 6.11. The molecule has 0 amide bonds. The average molecular weight is 498 g/mol. The second kappa shape index (κ2) is 8.74. The van der Waals surface area contributed by atoms with Gasteiger partial charge < -0.3 is 0 Å². The first-order chi connectivity index (χ1) is 13.7. The standard InChI is InChI=1S/C20H17BrFNO4S2/c21-17-9-7-8-16(14-17)20(22)15-23(28(24,25)18-10-3-1-4-11-18)29(26,27)19-12-5-2-6-13-19/h1-14,20H,15H2. The van der Waals surface area contributed by atoms with Crippen LogP contribution in [0.25, 0.3) is 0 Å². The molecule has 0 aliphatic rings. The summed E-state index contributed by atoms with van der Waals surface area (Å²) in [6.45, 7) is -0.884. The zero-order valence-corrected chi connectivity index (χ0v) is 18.2. The van der Waals surface area contributed by atoms with Gasteiger partial charge in [0, 0.05) is 4.47 Å². The summed E-state index contributed by atoms with van der Waals surface area (Å²) in [5, 5.41) is 0. The Bertz CT molecular complexity index is 1120. The fourth-order valence-corrected chi connectivity index (χ4v) is 6.78. The molecule has 1 atom stereocenters. The molecule has 3 rings (SSSR count). The lowest BCUT2D eigenvalue weighted by Crippen LogP contribution is -2.39. The van der Waals surface area contributed by atoms with Crippen molar-refractivity contribution in [1.29, 1.82) is 0 Å². The molecule has 9 heteroatoms. The number of nitrogens with zero attached hydrogens (tertiary/aromatic N) is 1. The Morgan fingerprint density at radius 3 is 1.69 bits per heavy atom. The van der Waals surface area contributed by atoms with E-state index in [2.05, 4.69) is 15.9 Å². The first-order valence-electron chi connectivity index (χ1n) is 8.50. The molecule has 0 saturated heterocycles. The summed E-state index contributed by atoms with van der Waals surface area (Å²) in [7, 11) is -9.05. The number of alkyl halides is 1. The number of benzene rings is 3. The molecule has 1 unspecified atom stereocenters. The minimum absolute atomic E-state index is 0.163. The average Bonchev–Trinajstić information content (AvgIpc) is 2.73. The number of rotatable bonds is 7. The fraction of sp³-hybridized carbons (Fsp3) is 0.100. The van der Waals surface area contributed by atoms with Gasteiger partial charge in [0.15, 0.2) is 0 Å². The van der Waals surface area contributed by atoms with E-state index in [1.165, 1.54) is 60.7 Å². The smallest absolute Gasteiger partial charge is 0.241 e. The zero-order chi connectivity index (χ0) is 21.1. The van der Waals surface area contributed by atoms with E-state index in [1.54, 1.807) is 24.3 Å². The highest BCUT2D eigenvalue weighted by atomic mass is 79.9. The SMILES string of the molecule is O=S(=O)(c1ccccc1)N(CC(F)c1cccc(Br)c1)S(=O)(=O)c1ccccc1. The third-order valence-electron chi connectivity index (χ3n) is 4.14. The summed E-state index contributed by atoms with van der Waals surface area (Å²) in [6.07, 6.45) is -1.86. The van der Waals surface area contributed by atoms with Crippen molar-refractivity contribution in [2.45, 2.75) is 16.0 Å². The van der Waals surface area contributed by atoms with Crippen LogP contribution in [0.4, 0.5) is 4.39 Å². The third kappa shape index (κ3) is 4.75. The Hall–Kier alpha value is -2.07. The predicted octanol–water partition coefficient (Wildman–Crippen LogP) is 4.54. The second-order valence-corrected chi connectivity index (χ2v) is 11.0. The van der Waals surface area contributed by atoms with Crippen LogP contribution in [0.2, 0.25) is 0 Å². The van der Waals surface area contributed by atoms with E-state index in [1.807, 2.05) is 0 Å². The van der Waals surface area contributed by atoms with Crippen molar-refractivity contribution in [3.05, 3.63) is 95.0 Å². The summed E-state index contributed by atoms with van der Waals surface area (Å²) in [4.78, 5) is -0.470. The molecule has 0 aliphatic heterocycles. The minimum Gasteiger partial charge on any atom is -0.241 e. The summed E-state index contributed by atoms with van der Waals surface area (Å²) in [5.41, 5.74) is 0.163. The molecular weight excluding hydrogens is 481 g/mol. The molecule has 0 radical (unpaired) electrons. The Labute approximate surface area is 178 Å². The van der Waals surface area contributed by atoms with Gasteiger partial charge in [-0.3, -0.25) is 0 Å². The maximum Gasteiger partial charge on any atom is 0.256 e. The van der Waals surface area contributed by atoms with Crippen LogP contribution in [0, 0.1) is 0 Å². The molecule has 0 N–H and O–H groups in total. The van der Waals surface area contributed by atoms with Gasteiger partial charge in [-0.15, -0.1) is 0 Å². The lowest BCUT2D eigenvalue weighted by Gasteiger charge is -2.24. The lowest BCUT2D eigenvalue weighted by atomic mass is 10.1. The van der Waals surface area contributed by atoms with Gasteiger partial charge in [-0.25, -0.2) is 21.2 Å². The van der Waals surface area contributed by atoms with E-state index in [0.717, 1.165) is 0 Å². The Morgan fingerprint density at radius 2 is 1.24 bits per heavy atom. The molecule has 0 aliphatic carbocycles. The molecule has 0 heterocycles. The van der Waals surface area contributed by atoms with Crippen LogP contribution in [0.3, 0.4) is 0 Å². The van der Waals surface area contributed by atoms with Gasteiger partial charge in [-0.05, 0) is 42.0 Å². The Kier molecular flexibility index (Phi) is 6.52. The van der Waals surface area contributed by atoms with Crippen molar-refractivity contribution in [3.8, 4) is 0 Å². The third-order valence-corrected chi connectivity index (χ3v) is 8.92. The minimum atomic E-state index is -4.53. The number of sulfonamides is 2. The largest absolute Gasteiger partial charge is 0.256 e. The molecule has 29 heavy (non-hydrogen) atoms. The molecule has 0 aromatic heterocycles. The topological polar surface area (TPSA) is 71.5 Å². The van der Waals surface area contributed by atoms with Crippen molar-refractivity contribution in [1.82, 2.24) is 3.71 Å². The summed E-state index contributed by atoms with van der Waals surface area (Å²) >= 11 is 3.23. The summed E-state index contributed by atoms with van der Waals surface area (Å²) in [5.74, 6) is 0. The van der Waals surface area contributed by atoms with Crippen LogP contribution >= 0.6 is 15.9 Å². The van der Waals surface area contributed by atoms with E-state index in [4.69, 9.17) is 0 Å². The number of halogens is 2. The van der Waals surface area contributed by atoms with E-state index < -0.39 is 32.8 Å². The summed E-state index contributed by atoms with van der Waals surface area (Å²) in [6, 6.07) is 20.4. The predicted molar refractivity (Wildman–Crippen MR) is 112 cm³/mol. The Balaban J connectivity index is 2.09. The van der Waals surface area contributed by atoms with Gasteiger partial charge in [0.1, 0.15) is 6.17 Å². The van der Waals surface area contributed by atoms with Crippen LogP contribution in [-0.4, -0.2) is 27.1 Å². The van der Waals surface area contributed by atoms with Gasteiger partial charge in [0.05, 0.1) is 16.3 Å². The maximum atomic E-state index is 15.1. The van der Waals surface area contributed by atoms with Crippen molar-refractivity contribution >= 4 is 36.0 Å². The molecule has 0 fully saturated rings. The van der Waals surface area contributed by atoms with E-state index in [-0.39, 0.29) is 19.1 Å². The van der Waals surface area contributed by atoms with Crippen molar-refractivity contribution in [2.75, 3.05) is 6.54 Å². The fourth-order valence-electron chi connectivity index (χ4n) is 2.68. The van der Waals surface area contributed by atoms with Crippen LogP contribution in [0.15, 0.2) is 99.2 Å². The Morgan fingerprint density at radius 1 is 0.759 bits per heavy atom. The first kappa shape index (κ1) is 21.6. The van der Waals surface area contributed by atoms with Gasteiger partial charge in [0.25, 0.3) is 20.0 Å². The van der Waals surface area contributed by atoms with Crippen molar-refractivity contribution in [3.63, 3.8) is 0 Å². The molecule has 0 saturated carbocycles. The quantitative estimate of drug-likeness (QED) is 0.480. The van der Waals surface area contributed by atoms with Crippen LogP contribution < -0.4 is 0 Å². The number of hydrogen-bond acceptors (Lipinski definition) is 4. The molecule has 3 aromatic carbocycles. The lowest BCUT2D eigenvalue weighted by molar-refractivity contribution is 0.308. The van der Waals surface area contributed by atoms with Gasteiger partial charge in [0.2, 0.25) is 0 Å². The zero-order valence-electron chi connectivity index (χ0n) is 15.0. The van der Waals surface area contributed by atoms with Gasteiger partial charge >= 0.3 is 0 Å². The molecule has 0 bridgehead atoms. The summed E-state index contributed by atoms with van der Waals surface area (Å²) < 4.78 is 68.5. The van der Waals surface area contributed by atoms with Crippen LogP contribution in [0.1, 0.15) is 11.7 Å². The van der Waals surface area contributed by atoms with E-state index in [9.17, 15) is 16.8 Å². The molecule has 0 spiro atoms. The van der Waals surface area contributed by atoms with Crippen LogP contribution in [-0.2, 0) is 20.0 Å². The normalized spacial score (nSPS) is 13.3. The molecular formula is C20H17BrFNO4S2. The van der Waals surface area contributed by atoms with Gasteiger partial charge in [-0.1, -0.05) is 68.2 Å². The van der Waals surface area contributed by atoms with Crippen LogP contribution in [0.5, 0.6) is 0 Å². The monoisotopic (exact) mass is 497 g/mol. The highest BCUT2D eigenvalue weighted by molar-refractivity contribution is 9.10. The highest BCUT2D eigenvalue weighted by Crippen LogP contribution is 2.29. The first-order valence-corrected chi connectivity index (χ1v) is 12.2. The van der Waals surface area contributed by atoms with Crippen molar-refractivity contribution < 1.29 is 21.2 Å². The number of hydrogen-bond donors (Lipinski definition) is 0. The highest BCUT2D eigenvalue weighted by Gasteiger charge is 2.38. The molecule has 3 aromatic rings. The maximum absolute atomic E-state index is 15.1. The van der Waals surface area contributed by atoms with E-state index >= 15 is 4.39 Å². The molecule has 5 nitrogen and oxygen atoms in total. The van der Waals surface area contributed by atoms with Crippen molar-refractivity contribution in [2.24, 2.45) is 0 Å². The molecule has 152 valence electrons. The van der Waals surface area contributed by atoms with E-state index in [0.29, 0.717) is 4.47 Å².